The lowest BCUT2D eigenvalue weighted by molar-refractivity contribution is -0.131. The lowest BCUT2D eigenvalue weighted by atomic mass is 9.98. The number of carbonyl (C=O) groups is 2. The minimum atomic E-state index is -0.895. The Morgan fingerprint density at radius 2 is 2.08 bits per heavy atom. The number of hydrogen-bond acceptors (Lipinski definition) is 4. The molecule has 1 amide bonds. The van der Waals surface area contributed by atoms with E-state index in [1.54, 1.807) is 31.2 Å². The second kappa shape index (κ2) is 6.93. The molecule has 0 radical (unpaired) electrons. The number of nitrogens with one attached hydrogen (secondary N) is 1. The Balaban J connectivity index is 1.70. The summed E-state index contributed by atoms with van der Waals surface area (Å²) >= 11 is 0. The van der Waals surface area contributed by atoms with E-state index in [-0.39, 0.29) is 5.75 Å². The first-order valence-corrected chi connectivity index (χ1v) is 7.92. The molecule has 2 aromatic carbocycles. The Labute approximate surface area is 144 Å². The topological polar surface area (TPSA) is 64.6 Å². The van der Waals surface area contributed by atoms with E-state index in [4.69, 9.17) is 9.47 Å². The molecular formula is C19H18FNO4. The van der Waals surface area contributed by atoms with Crippen molar-refractivity contribution in [1.82, 2.24) is 5.32 Å². The number of carbonyl (C=O) groups excluding carboxylic acids is 2. The highest BCUT2D eigenvalue weighted by Crippen LogP contribution is 2.23. The third kappa shape index (κ3) is 3.47. The van der Waals surface area contributed by atoms with E-state index < -0.39 is 29.8 Å². The van der Waals surface area contributed by atoms with Gasteiger partial charge in [0.1, 0.15) is 0 Å². The van der Waals surface area contributed by atoms with Gasteiger partial charge < -0.3 is 14.8 Å². The van der Waals surface area contributed by atoms with Gasteiger partial charge in [-0.3, -0.25) is 4.79 Å². The monoisotopic (exact) mass is 343 g/mol. The molecule has 0 saturated carbocycles. The molecular weight excluding hydrogens is 325 g/mol. The van der Waals surface area contributed by atoms with Crippen LogP contribution in [0, 0.1) is 5.82 Å². The molecule has 0 spiro atoms. The Bertz CT molecular complexity index is 821. The van der Waals surface area contributed by atoms with Crippen molar-refractivity contribution in [3.05, 3.63) is 65.0 Å². The van der Waals surface area contributed by atoms with Crippen molar-refractivity contribution in [2.45, 2.75) is 25.5 Å². The Morgan fingerprint density at radius 3 is 2.80 bits per heavy atom. The maximum atomic E-state index is 13.8. The predicted molar refractivity (Wildman–Crippen MR) is 88.9 cm³/mol. The molecule has 0 fully saturated rings. The SMILES string of the molecule is COc1ccc([C@@H](C)NC(=O)[C@H]2Cc3ccccc3C(=O)O2)cc1F. The molecule has 1 N–H and O–H groups in total. The van der Waals surface area contributed by atoms with E-state index in [1.165, 1.54) is 19.2 Å². The summed E-state index contributed by atoms with van der Waals surface area (Å²) in [5, 5.41) is 2.76. The maximum Gasteiger partial charge on any atom is 0.339 e. The van der Waals surface area contributed by atoms with Crippen LogP contribution in [0.3, 0.4) is 0 Å². The number of methoxy groups -OCH3 is 1. The van der Waals surface area contributed by atoms with Crippen molar-refractivity contribution in [3.8, 4) is 5.75 Å². The van der Waals surface area contributed by atoms with E-state index in [0.29, 0.717) is 17.5 Å². The molecule has 2 aromatic rings. The Morgan fingerprint density at radius 1 is 1.32 bits per heavy atom. The summed E-state index contributed by atoms with van der Waals surface area (Å²) in [7, 11) is 1.39. The first-order chi connectivity index (χ1) is 12.0. The molecule has 1 aliphatic heterocycles. The first-order valence-electron chi connectivity index (χ1n) is 7.92. The first kappa shape index (κ1) is 17.0. The minimum Gasteiger partial charge on any atom is -0.494 e. The minimum absolute atomic E-state index is 0.139. The fraction of sp³-hybridized carbons (Fsp3) is 0.263. The molecule has 130 valence electrons. The molecule has 25 heavy (non-hydrogen) atoms. The van der Waals surface area contributed by atoms with Gasteiger partial charge in [0.05, 0.1) is 18.7 Å². The maximum absolute atomic E-state index is 13.8. The van der Waals surface area contributed by atoms with Gasteiger partial charge in [0.2, 0.25) is 0 Å². The smallest absolute Gasteiger partial charge is 0.339 e. The summed E-state index contributed by atoms with van der Waals surface area (Å²) in [5.41, 5.74) is 1.85. The third-order valence-corrected chi connectivity index (χ3v) is 4.22. The highest BCUT2D eigenvalue weighted by Gasteiger charge is 2.31. The van der Waals surface area contributed by atoms with Crippen LogP contribution in [0.1, 0.15) is 34.5 Å². The van der Waals surface area contributed by atoms with E-state index in [2.05, 4.69) is 5.32 Å². The predicted octanol–water partition coefficient (Wildman–Crippen LogP) is 2.79. The van der Waals surface area contributed by atoms with Crippen LogP contribution in [0.4, 0.5) is 4.39 Å². The molecule has 3 rings (SSSR count). The van der Waals surface area contributed by atoms with Crippen molar-refractivity contribution >= 4 is 11.9 Å². The van der Waals surface area contributed by atoms with Gasteiger partial charge in [-0.25, -0.2) is 9.18 Å². The number of cyclic esters (lactones) is 1. The number of ether oxygens (including phenoxy) is 2. The van der Waals surface area contributed by atoms with Crippen LogP contribution in [0.15, 0.2) is 42.5 Å². The molecule has 5 nitrogen and oxygen atoms in total. The largest absolute Gasteiger partial charge is 0.494 e. The third-order valence-electron chi connectivity index (χ3n) is 4.22. The molecule has 0 aromatic heterocycles. The summed E-state index contributed by atoms with van der Waals surface area (Å²) in [6, 6.07) is 11.1. The van der Waals surface area contributed by atoms with Gasteiger partial charge in [-0.2, -0.15) is 0 Å². The number of rotatable bonds is 4. The van der Waals surface area contributed by atoms with Gasteiger partial charge in [0.15, 0.2) is 17.7 Å². The van der Waals surface area contributed by atoms with Crippen LogP contribution in [0.2, 0.25) is 0 Å². The normalized spacial score (nSPS) is 17.2. The van der Waals surface area contributed by atoms with Crippen LogP contribution in [-0.4, -0.2) is 25.1 Å². The number of benzene rings is 2. The molecule has 1 aliphatic rings. The zero-order valence-electron chi connectivity index (χ0n) is 13.9. The van der Waals surface area contributed by atoms with Crippen molar-refractivity contribution in [1.29, 1.82) is 0 Å². The molecule has 0 saturated heterocycles. The lowest BCUT2D eigenvalue weighted by Gasteiger charge is -2.25. The van der Waals surface area contributed by atoms with Crippen LogP contribution >= 0.6 is 0 Å². The van der Waals surface area contributed by atoms with Gasteiger partial charge >= 0.3 is 5.97 Å². The average Bonchev–Trinajstić information content (AvgIpc) is 2.61. The van der Waals surface area contributed by atoms with Gasteiger partial charge in [-0.15, -0.1) is 0 Å². The van der Waals surface area contributed by atoms with Gasteiger partial charge in [-0.05, 0) is 36.2 Å². The Hall–Kier alpha value is -2.89. The van der Waals surface area contributed by atoms with Crippen molar-refractivity contribution in [2.75, 3.05) is 7.11 Å². The highest BCUT2D eigenvalue weighted by atomic mass is 19.1. The summed E-state index contributed by atoms with van der Waals surface area (Å²) in [4.78, 5) is 24.4. The fourth-order valence-corrected chi connectivity index (χ4v) is 2.82. The van der Waals surface area contributed by atoms with E-state index in [0.717, 1.165) is 5.56 Å². The molecule has 2 atom stereocenters. The highest BCUT2D eigenvalue weighted by molar-refractivity contribution is 5.95. The molecule has 1 heterocycles. The second-order valence-electron chi connectivity index (χ2n) is 5.88. The summed E-state index contributed by atoms with van der Waals surface area (Å²) in [6.45, 7) is 1.73. The molecule has 0 aliphatic carbocycles. The van der Waals surface area contributed by atoms with Crippen LogP contribution in [-0.2, 0) is 16.0 Å². The fourth-order valence-electron chi connectivity index (χ4n) is 2.82. The van der Waals surface area contributed by atoms with Gasteiger partial charge in [0.25, 0.3) is 5.91 Å². The zero-order chi connectivity index (χ0) is 18.0. The standard InChI is InChI=1S/C19H18FNO4/c1-11(12-7-8-16(24-2)15(20)9-12)21-18(22)17-10-13-5-3-4-6-14(13)19(23)25-17/h3-9,11,17H,10H2,1-2H3,(H,21,22)/t11-,17-/m1/s1. The van der Waals surface area contributed by atoms with Crippen LogP contribution < -0.4 is 10.1 Å². The average molecular weight is 343 g/mol. The van der Waals surface area contributed by atoms with Crippen molar-refractivity contribution in [2.24, 2.45) is 0 Å². The number of halogens is 1. The number of amides is 1. The summed E-state index contributed by atoms with van der Waals surface area (Å²) in [6.07, 6.45) is -0.579. The van der Waals surface area contributed by atoms with E-state index in [9.17, 15) is 14.0 Å². The molecule has 0 unspecified atom stereocenters. The van der Waals surface area contributed by atoms with Crippen molar-refractivity contribution in [3.63, 3.8) is 0 Å². The molecule has 6 heteroatoms. The zero-order valence-corrected chi connectivity index (χ0v) is 13.9. The number of esters is 1. The summed E-state index contributed by atoms with van der Waals surface area (Å²) in [5.74, 6) is -1.28. The van der Waals surface area contributed by atoms with Gasteiger partial charge in [-0.1, -0.05) is 24.3 Å². The number of fused-ring (bicyclic) bond motifs is 1. The second-order valence-corrected chi connectivity index (χ2v) is 5.88. The lowest BCUT2D eigenvalue weighted by Crippen LogP contribution is -2.42. The van der Waals surface area contributed by atoms with Gasteiger partial charge in [0, 0.05) is 6.42 Å². The molecule has 0 bridgehead atoms. The van der Waals surface area contributed by atoms with Crippen LogP contribution in [0.5, 0.6) is 5.75 Å². The quantitative estimate of drug-likeness (QED) is 0.867. The van der Waals surface area contributed by atoms with E-state index >= 15 is 0 Å². The van der Waals surface area contributed by atoms with Crippen LogP contribution in [0.25, 0.3) is 0 Å². The van der Waals surface area contributed by atoms with Crippen molar-refractivity contribution < 1.29 is 23.5 Å². The van der Waals surface area contributed by atoms with E-state index in [1.807, 2.05) is 6.07 Å². The number of hydrogen-bond donors (Lipinski definition) is 1. The Kier molecular flexibility index (Phi) is 4.70. The summed E-state index contributed by atoms with van der Waals surface area (Å²) < 4.78 is 23.9.